The lowest BCUT2D eigenvalue weighted by molar-refractivity contribution is -0.127. The smallest absolute Gasteiger partial charge is 0.261 e. The van der Waals surface area contributed by atoms with Crippen LogP contribution in [0.4, 0.5) is 0 Å². The van der Waals surface area contributed by atoms with Crippen LogP contribution < -0.4 is 15.4 Å². The summed E-state index contributed by atoms with van der Waals surface area (Å²) < 4.78 is 5.99. The molecule has 5 heteroatoms. The van der Waals surface area contributed by atoms with Crippen LogP contribution in [0, 0.1) is 0 Å². The van der Waals surface area contributed by atoms with E-state index in [1.165, 1.54) is 0 Å². The average Bonchev–Trinajstić information content (AvgIpc) is 2.66. The van der Waals surface area contributed by atoms with Gasteiger partial charge in [0.15, 0.2) is 6.10 Å². The maximum Gasteiger partial charge on any atom is 0.261 e. The molecule has 1 fully saturated rings. The number of carbonyl (C=O) groups is 1. The van der Waals surface area contributed by atoms with Crippen LogP contribution in [-0.4, -0.2) is 25.1 Å². The van der Waals surface area contributed by atoms with Crippen molar-refractivity contribution >= 4 is 17.5 Å². The predicted molar refractivity (Wildman–Crippen MR) is 84.8 cm³/mol. The third-order valence-corrected chi connectivity index (χ3v) is 3.94. The Morgan fingerprint density at radius 3 is 3.05 bits per heavy atom. The van der Waals surface area contributed by atoms with E-state index in [0.717, 1.165) is 43.7 Å². The van der Waals surface area contributed by atoms with E-state index in [1.54, 1.807) is 6.07 Å². The quantitative estimate of drug-likeness (QED) is 0.879. The lowest BCUT2D eigenvalue weighted by Crippen LogP contribution is -2.36. The van der Waals surface area contributed by atoms with Gasteiger partial charge in [-0.1, -0.05) is 18.5 Å². The third kappa shape index (κ3) is 4.35. The third-order valence-electron chi connectivity index (χ3n) is 3.70. The number of nitrogens with one attached hydrogen (secondary N) is 2. The van der Waals surface area contributed by atoms with Gasteiger partial charge in [-0.05, 0) is 50.9 Å². The van der Waals surface area contributed by atoms with Gasteiger partial charge in [0.2, 0.25) is 0 Å². The fraction of sp³-hybridized carbons (Fsp3) is 0.562. The fourth-order valence-corrected chi connectivity index (χ4v) is 2.74. The zero-order valence-corrected chi connectivity index (χ0v) is 13.4. The normalized spacial score (nSPS) is 20.5. The summed E-state index contributed by atoms with van der Waals surface area (Å²) in [5.74, 6) is 0.708. The maximum absolute atomic E-state index is 12.0. The summed E-state index contributed by atoms with van der Waals surface area (Å²) in [5, 5.41) is 6.92. The lowest BCUT2D eigenvalue weighted by Gasteiger charge is -2.22. The Kier molecular flexibility index (Phi) is 5.88. The van der Waals surface area contributed by atoms with Crippen LogP contribution in [0.2, 0.25) is 5.02 Å². The van der Waals surface area contributed by atoms with Gasteiger partial charge in [0.25, 0.3) is 5.91 Å². The number of amides is 1. The van der Waals surface area contributed by atoms with Crippen molar-refractivity contribution < 1.29 is 9.53 Å². The molecule has 0 bridgehead atoms. The molecule has 2 atom stereocenters. The largest absolute Gasteiger partial charge is 0.480 e. The highest BCUT2D eigenvalue weighted by molar-refractivity contribution is 6.30. The first-order valence-corrected chi connectivity index (χ1v) is 7.96. The molecular weight excluding hydrogens is 288 g/mol. The van der Waals surface area contributed by atoms with Crippen LogP contribution in [0.1, 0.15) is 44.7 Å². The van der Waals surface area contributed by atoms with Gasteiger partial charge in [-0.25, -0.2) is 0 Å². The van der Waals surface area contributed by atoms with Crippen molar-refractivity contribution in [1.29, 1.82) is 0 Å². The highest BCUT2D eigenvalue weighted by atomic mass is 35.5. The minimum Gasteiger partial charge on any atom is -0.480 e. The van der Waals surface area contributed by atoms with E-state index in [9.17, 15) is 4.79 Å². The summed E-state index contributed by atoms with van der Waals surface area (Å²) in [6, 6.07) is 5.67. The molecule has 1 aliphatic rings. The molecule has 2 unspecified atom stereocenters. The monoisotopic (exact) mass is 310 g/mol. The molecule has 1 saturated heterocycles. The van der Waals surface area contributed by atoms with Crippen molar-refractivity contribution in [3.8, 4) is 5.75 Å². The summed E-state index contributed by atoms with van der Waals surface area (Å²) in [4.78, 5) is 12.0. The molecule has 1 aliphatic heterocycles. The van der Waals surface area contributed by atoms with Gasteiger partial charge in [-0.2, -0.15) is 0 Å². The van der Waals surface area contributed by atoms with E-state index in [-0.39, 0.29) is 11.9 Å². The van der Waals surface area contributed by atoms with Crippen LogP contribution in [0.25, 0.3) is 0 Å². The Labute approximate surface area is 131 Å². The number of halogens is 1. The van der Waals surface area contributed by atoms with Gasteiger partial charge in [0.05, 0.1) is 0 Å². The van der Waals surface area contributed by atoms with Gasteiger partial charge in [0.1, 0.15) is 5.75 Å². The van der Waals surface area contributed by atoms with Gasteiger partial charge >= 0.3 is 0 Å². The molecule has 4 nitrogen and oxygen atoms in total. The molecule has 1 heterocycles. The minimum absolute atomic E-state index is 0.0236. The lowest BCUT2D eigenvalue weighted by atomic mass is 10.1. The van der Waals surface area contributed by atoms with Gasteiger partial charge in [-0.15, -0.1) is 0 Å². The molecule has 1 aromatic carbocycles. The van der Waals surface area contributed by atoms with E-state index >= 15 is 0 Å². The van der Waals surface area contributed by atoms with Gasteiger partial charge in [0, 0.05) is 23.2 Å². The van der Waals surface area contributed by atoms with Crippen molar-refractivity contribution in [2.24, 2.45) is 0 Å². The standard InChI is InChI=1S/C16H23ClN2O2/c1-3-18-11(2)13-10-12(17)7-8-14(13)21-15-6-4-5-9-19-16(15)20/h7-8,10-11,15,18H,3-6,9H2,1-2H3,(H,19,20). The second kappa shape index (κ2) is 7.66. The van der Waals surface area contributed by atoms with E-state index in [2.05, 4.69) is 24.5 Å². The van der Waals surface area contributed by atoms with Crippen molar-refractivity contribution in [3.63, 3.8) is 0 Å². The molecule has 116 valence electrons. The molecule has 0 aliphatic carbocycles. The molecular formula is C16H23ClN2O2. The van der Waals surface area contributed by atoms with Gasteiger partial charge < -0.3 is 15.4 Å². The molecule has 1 amide bonds. The predicted octanol–water partition coefficient (Wildman–Crippen LogP) is 3.06. The van der Waals surface area contributed by atoms with Crippen LogP contribution in [-0.2, 0) is 4.79 Å². The Balaban J connectivity index is 2.19. The van der Waals surface area contributed by atoms with E-state index in [0.29, 0.717) is 5.02 Å². The molecule has 1 aromatic rings. The average molecular weight is 311 g/mol. The van der Waals surface area contributed by atoms with Crippen molar-refractivity contribution in [1.82, 2.24) is 10.6 Å². The zero-order valence-electron chi connectivity index (χ0n) is 12.6. The summed E-state index contributed by atoms with van der Waals surface area (Å²) in [7, 11) is 0. The first kappa shape index (κ1) is 16.1. The number of carbonyl (C=O) groups excluding carboxylic acids is 1. The van der Waals surface area contributed by atoms with Gasteiger partial charge in [-0.3, -0.25) is 4.79 Å². The first-order valence-electron chi connectivity index (χ1n) is 7.59. The van der Waals surface area contributed by atoms with E-state index in [4.69, 9.17) is 16.3 Å². The SMILES string of the molecule is CCNC(C)c1cc(Cl)ccc1OC1CCCCNC1=O. The number of hydrogen-bond acceptors (Lipinski definition) is 3. The van der Waals surface area contributed by atoms with Crippen molar-refractivity contribution in [2.45, 2.75) is 45.3 Å². The Hall–Kier alpha value is -1.26. The molecule has 0 spiro atoms. The highest BCUT2D eigenvalue weighted by Gasteiger charge is 2.24. The number of benzene rings is 1. The first-order chi connectivity index (χ1) is 10.1. The van der Waals surface area contributed by atoms with E-state index in [1.807, 2.05) is 12.1 Å². The molecule has 2 N–H and O–H groups in total. The number of ether oxygens (including phenoxy) is 1. The van der Waals surface area contributed by atoms with Crippen LogP contribution in [0.3, 0.4) is 0 Å². The summed E-state index contributed by atoms with van der Waals surface area (Å²) in [5.41, 5.74) is 0.987. The van der Waals surface area contributed by atoms with Crippen LogP contribution in [0.5, 0.6) is 5.75 Å². The molecule has 0 saturated carbocycles. The topological polar surface area (TPSA) is 50.4 Å². The molecule has 0 aromatic heterocycles. The summed E-state index contributed by atoms with van der Waals surface area (Å²) in [6.45, 7) is 5.71. The highest BCUT2D eigenvalue weighted by Crippen LogP contribution is 2.30. The zero-order chi connectivity index (χ0) is 15.2. The minimum atomic E-state index is -0.416. The summed E-state index contributed by atoms with van der Waals surface area (Å²) in [6.07, 6.45) is 2.34. The Bertz CT molecular complexity index is 493. The van der Waals surface area contributed by atoms with E-state index < -0.39 is 6.10 Å². The second-order valence-electron chi connectivity index (χ2n) is 5.35. The Morgan fingerprint density at radius 1 is 1.48 bits per heavy atom. The fourth-order valence-electron chi connectivity index (χ4n) is 2.56. The van der Waals surface area contributed by atoms with Crippen LogP contribution in [0.15, 0.2) is 18.2 Å². The number of rotatable bonds is 5. The van der Waals surface area contributed by atoms with Crippen molar-refractivity contribution in [3.05, 3.63) is 28.8 Å². The maximum atomic E-state index is 12.0. The Morgan fingerprint density at radius 2 is 2.29 bits per heavy atom. The summed E-state index contributed by atoms with van der Waals surface area (Å²) >= 11 is 6.10. The van der Waals surface area contributed by atoms with Crippen molar-refractivity contribution in [2.75, 3.05) is 13.1 Å². The molecule has 0 radical (unpaired) electrons. The molecule has 21 heavy (non-hydrogen) atoms. The number of hydrogen-bond donors (Lipinski definition) is 2. The molecule has 2 rings (SSSR count). The van der Waals surface area contributed by atoms with Crippen LogP contribution >= 0.6 is 11.6 Å². The second-order valence-corrected chi connectivity index (χ2v) is 5.79.